The van der Waals surface area contributed by atoms with Crippen LogP contribution in [0.4, 0.5) is 10.1 Å². The number of carbonyl (C=O) groups is 1. The van der Waals surface area contributed by atoms with Gasteiger partial charge >= 0.3 is 0 Å². The van der Waals surface area contributed by atoms with Crippen LogP contribution >= 0.6 is 11.6 Å². The molecule has 2 aromatic carbocycles. The molecule has 0 bridgehead atoms. The fourth-order valence-corrected chi connectivity index (χ4v) is 2.50. The minimum Gasteiger partial charge on any atom is -0.312 e. The third kappa shape index (κ3) is 4.08. The van der Waals surface area contributed by atoms with Crippen molar-refractivity contribution in [3.05, 3.63) is 64.9 Å². The summed E-state index contributed by atoms with van der Waals surface area (Å²) < 4.78 is 13.9. The van der Waals surface area contributed by atoms with E-state index in [4.69, 9.17) is 11.6 Å². The lowest BCUT2D eigenvalue weighted by atomic mass is 10.1. The number of anilines is 1. The van der Waals surface area contributed by atoms with Crippen molar-refractivity contribution in [3.63, 3.8) is 0 Å². The summed E-state index contributed by atoms with van der Waals surface area (Å²) in [7, 11) is 0. The second kappa shape index (κ2) is 7.95. The smallest absolute Gasteiger partial charge is 0.231 e. The van der Waals surface area contributed by atoms with E-state index in [2.05, 4.69) is 6.92 Å². The maximum Gasteiger partial charge on any atom is 0.231 e. The lowest BCUT2D eigenvalue weighted by Crippen LogP contribution is -2.33. The summed E-state index contributed by atoms with van der Waals surface area (Å²) in [6, 6.07) is 13.9. The second-order valence-electron chi connectivity index (χ2n) is 5.11. The molecule has 1 amide bonds. The molecule has 0 N–H and O–H groups in total. The molecule has 0 radical (unpaired) electrons. The predicted molar refractivity (Wildman–Crippen MR) is 88.8 cm³/mol. The summed E-state index contributed by atoms with van der Waals surface area (Å²) in [5, 5.41) is 0.289. The molecule has 0 unspecified atom stereocenters. The van der Waals surface area contributed by atoms with Crippen molar-refractivity contribution in [3.8, 4) is 0 Å². The Morgan fingerprint density at radius 3 is 2.50 bits per heavy atom. The molecule has 0 fully saturated rings. The van der Waals surface area contributed by atoms with E-state index in [1.807, 2.05) is 30.3 Å². The van der Waals surface area contributed by atoms with Crippen molar-refractivity contribution < 1.29 is 9.18 Å². The zero-order valence-electron chi connectivity index (χ0n) is 12.6. The number of benzene rings is 2. The van der Waals surface area contributed by atoms with Crippen LogP contribution < -0.4 is 4.90 Å². The van der Waals surface area contributed by atoms with Gasteiger partial charge in [-0.2, -0.15) is 0 Å². The van der Waals surface area contributed by atoms with E-state index in [-0.39, 0.29) is 22.9 Å². The number of nitrogens with zero attached hydrogens (tertiary/aromatic N) is 1. The SMILES string of the molecule is CCCCN(C(=O)Cc1c(F)cccc1Cl)c1ccccc1. The third-order valence-electron chi connectivity index (χ3n) is 3.49. The topological polar surface area (TPSA) is 20.3 Å². The summed E-state index contributed by atoms with van der Waals surface area (Å²) in [6.07, 6.45) is 1.84. The molecule has 2 aromatic rings. The van der Waals surface area contributed by atoms with Crippen LogP contribution in [-0.4, -0.2) is 12.5 Å². The standard InChI is InChI=1S/C18H19ClFNO/c1-2-3-12-21(14-8-5-4-6-9-14)18(22)13-15-16(19)10-7-11-17(15)20/h4-11H,2-3,12-13H2,1H3. The second-order valence-corrected chi connectivity index (χ2v) is 5.52. The number of amides is 1. The van der Waals surface area contributed by atoms with Crippen LogP contribution in [0.15, 0.2) is 48.5 Å². The molecule has 0 aliphatic rings. The van der Waals surface area contributed by atoms with Crippen molar-refractivity contribution in [1.82, 2.24) is 0 Å². The minimum atomic E-state index is -0.440. The monoisotopic (exact) mass is 319 g/mol. The molecule has 0 spiro atoms. The first-order valence-electron chi connectivity index (χ1n) is 7.41. The minimum absolute atomic E-state index is 0.0376. The van der Waals surface area contributed by atoms with E-state index in [0.29, 0.717) is 6.54 Å². The highest BCUT2D eigenvalue weighted by molar-refractivity contribution is 6.31. The van der Waals surface area contributed by atoms with Crippen molar-refractivity contribution in [1.29, 1.82) is 0 Å². The van der Waals surface area contributed by atoms with Crippen LogP contribution in [0.25, 0.3) is 0 Å². The Bertz CT molecular complexity index is 610. The number of halogens is 2. The first-order chi connectivity index (χ1) is 10.6. The number of hydrogen-bond donors (Lipinski definition) is 0. The van der Waals surface area contributed by atoms with E-state index >= 15 is 0 Å². The summed E-state index contributed by atoms with van der Waals surface area (Å²) in [5.41, 5.74) is 1.08. The molecule has 0 saturated heterocycles. The van der Waals surface area contributed by atoms with Gasteiger partial charge in [0.15, 0.2) is 0 Å². The first-order valence-corrected chi connectivity index (χ1v) is 7.79. The van der Waals surface area contributed by atoms with Crippen molar-refractivity contribution in [2.75, 3.05) is 11.4 Å². The number of carbonyl (C=O) groups excluding carboxylic acids is 1. The molecule has 116 valence electrons. The van der Waals surface area contributed by atoms with Gasteiger partial charge in [-0.3, -0.25) is 4.79 Å². The van der Waals surface area contributed by atoms with Gasteiger partial charge in [0.05, 0.1) is 6.42 Å². The van der Waals surface area contributed by atoms with Crippen molar-refractivity contribution in [2.45, 2.75) is 26.2 Å². The highest BCUT2D eigenvalue weighted by Crippen LogP contribution is 2.22. The van der Waals surface area contributed by atoms with Crippen molar-refractivity contribution >= 4 is 23.2 Å². The largest absolute Gasteiger partial charge is 0.312 e. The van der Waals surface area contributed by atoms with Gasteiger partial charge in [-0.25, -0.2) is 4.39 Å². The van der Waals surface area contributed by atoms with Gasteiger partial charge in [-0.15, -0.1) is 0 Å². The Labute approximate surface area is 135 Å². The van der Waals surface area contributed by atoms with Gasteiger partial charge < -0.3 is 4.90 Å². The van der Waals surface area contributed by atoms with Crippen LogP contribution in [0, 0.1) is 5.82 Å². The molecule has 0 atom stereocenters. The summed E-state index contributed by atoms with van der Waals surface area (Å²) in [5.74, 6) is -0.587. The molecule has 0 aliphatic carbocycles. The van der Waals surface area contributed by atoms with Crippen LogP contribution in [0.2, 0.25) is 5.02 Å². The maximum absolute atomic E-state index is 13.9. The van der Waals surface area contributed by atoms with Gasteiger partial charge in [-0.1, -0.05) is 49.2 Å². The van der Waals surface area contributed by atoms with E-state index in [0.717, 1.165) is 18.5 Å². The Hall–Kier alpha value is -1.87. The first kappa shape index (κ1) is 16.5. The molecular weight excluding hydrogens is 301 g/mol. The molecule has 2 nitrogen and oxygen atoms in total. The predicted octanol–water partition coefficient (Wildman–Crippen LogP) is 4.85. The number of unbranched alkanes of at least 4 members (excludes halogenated alkanes) is 1. The number of rotatable bonds is 6. The van der Waals surface area contributed by atoms with E-state index in [9.17, 15) is 9.18 Å². The molecular formula is C18H19ClFNO. The molecule has 22 heavy (non-hydrogen) atoms. The molecule has 0 aromatic heterocycles. The van der Waals surface area contributed by atoms with E-state index in [1.54, 1.807) is 11.0 Å². The Morgan fingerprint density at radius 1 is 1.14 bits per heavy atom. The van der Waals surface area contributed by atoms with Crippen LogP contribution in [0.5, 0.6) is 0 Å². The van der Waals surface area contributed by atoms with Crippen LogP contribution in [0.3, 0.4) is 0 Å². The highest BCUT2D eigenvalue weighted by Gasteiger charge is 2.18. The summed E-state index contributed by atoms with van der Waals surface area (Å²) >= 11 is 6.02. The zero-order chi connectivity index (χ0) is 15.9. The molecule has 0 heterocycles. The maximum atomic E-state index is 13.9. The summed E-state index contributed by atoms with van der Waals surface area (Å²) in [6.45, 7) is 2.69. The Morgan fingerprint density at radius 2 is 1.86 bits per heavy atom. The lowest BCUT2D eigenvalue weighted by molar-refractivity contribution is -0.118. The third-order valence-corrected chi connectivity index (χ3v) is 3.85. The quantitative estimate of drug-likeness (QED) is 0.745. The average molecular weight is 320 g/mol. The van der Waals surface area contributed by atoms with Crippen LogP contribution in [0.1, 0.15) is 25.3 Å². The summed E-state index contributed by atoms with van der Waals surface area (Å²) in [4.78, 5) is 14.3. The van der Waals surface area contributed by atoms with Gasteiger partial charge in [0.2, 0.25) is 5.91 Å². The molecule has 2 rings (SSSR count). The van der Waals surface area contributed by atoms with Gasteiger partial charge in [0, 0.05) is 22.8 Å². The van der Waals surface area contributed by atoms with Gasteiger partial charge in [0.25, 0.3) is 0 Å². The van der Waals surface area contributed by atoms with Crippen LogP contribution in [-0.2, 0) is 11.2 Å². The highest BCUT2D eigenvalue weighted by atomic mass is 35.5. The van der Waals surface area contributed by atoms with Crippen molar-refractivity contribution in [2.24, 2.45) is 0 Å². The van der Waals surface area contributed by atoms with E-state index < -0.39 is 5.82 Å². The molecule has 0 aliphatic heterocycles. The van der Waals surface area contributed by atoms with Gasteiger partial charge in [-0.05, 0) is 30.7 Å². The van der Waals surface area contributed by atoms with E-state index in [1.165, 1.54) is 12.1 Å². The normalized spacial score (nSPS) is 10.5. The molecule has 4 heteroatoms. The molecule has 0 saturated carbocycles. The fourth-order valence-electron chi connectivity index (χ4n) is 2.27. The Kier molecular flexibility index (Phi) is 5.96. The lowest BCUT2D eigenvalue weighted by Gasteiger charge is -2.23. The van der Waals surface area contributed by atoms with Gasteiger partial charge in [0.1, 0.15) is 5.82 Å². The Balaban J connectivity index is 2.22. The average Bonchev–Trinajstić information content (AvgIpc) is 2.52. The fraction of sp³-hybridized carbons (Fsp3) is 0.278. The number of hydrogen-bond acceptors (Lipinski definition) is 1. The zero-order valence-corrected chi connectivity index (χ0v) is 13.3. The number of para-hydroxylation sites is 1.